The minimum atomic E-state index is -0.444. The molecule has 80 valence electrons. The maximum atomic E-state index is 10.8. The average molecular weight is 233 g/mol. The number of nitrogens with zero attached hydrogens (tertiary/aromatic N) is 2. The van der Waals surface area contributed by atoms with Gasteiger partial charge in [-0.05, 0) is 12.1 Å². The first-order chi connectivity index (χ1) is 7.68. The molecule has 0 aliphatic heterocycles. The lowest BCUT2D eigenvalue weighted by Gasteiger charge is -2.01. The molecular formula is C10H7N3O2S. The van der Waals surface area contributed by atoms with Crippen LogP contribution in [0.2, 0.25) is 0 Å². The molecule has 0 fully saturated rings. The van der Waals surface area contributed by atoms with Crippen LogP contribution >= 0.6 is 12.2 Å². The van der Waals surface area contributed by atoms with Gasteiger partial charge < -0.3 is 4.98 Å². The van der Waals surface area contributed by atoms with Crippen LogP contribution in [0, 0.1) is 14.8 Å². The van der Waals surface area contributed by atoms with Crippen molar-refractivity contribution in [2.75, 3.05) is 0 Å². The lowest BCUT2D eigenvalue weighted by atomic mass is 10.1. The Labute approximate surface area is 95.9 Å². The Kier molecular flexibility index (Phi) is 2.74. The number of H-pyrrole nitrogens is 1. The average Bonchev–Trinajstić information content (AvgIpc) is 2.29. The minimum absolute atomic E-state index is 0.00634. The summed E-state index contributed by atoms with van der Waals surface area (Å²) in [4.78, 5) is 17.2. The van der Waals surface area contributed by atoms with Gasteiger partial charge in [0.15, 0.2) is 0 Å². The van der Waals surface area contributed by atoms with Gasteiger partial charge in [-0.1, -0.05) is 24.4 Å². The molecule has 1 aromatic carbocycles. The van der Waals surface area contributed by atoms with E-state index in [4.69, 9.17) is 12.2 Å². The smallest absolute Gasteiger partial charge is 0.280 e. The van der Waals surface area contributed by atoms with Crippen LogP contribution in [-0.4, -0.2) is 14.9 Å². The van der Waals surface area contributed by atoms with Crippen molar-refractivity contribution in [3.63, 3.8) is 0 Å². The lowest BCUT2D eigenvalue weighted by molar-refractivity contribution is -0.384. The summed E-state index contributed by atoms with van der Waals surface area (Å²) in [6, 6.07) is 8.01. The highest BCUT2D eigenvalue weighted by Gasteiger charge is 2.14. The molecule has 0 atom stereocenters. The molecule has 0 unspecified atom stereocenters. The van der Waals surface area contributed by atoms with Crippen molar-refractivity contribution in [2.45, 2.75) is 0 Å². The van der Waals surface area contributed by atoms with Gasteiger partial charge in [0, 0.05) is 12.3 Å². The van der Waals surface area contributed by atoms with Gasteiger partial charge in [-0.25, -0.2) is 4.98 Å². The van der Waals surface area contributed by atoms with Crippen LogP contribution in [-0.2, 0) is 0 Å². The fourth-order valence-corrected chi connectivity index (χ4v) is 1.50. The second-order valence-corrected chi connectivity index (χ2v) is 3.50. The van der Waals surface area contributed by atoms with Gasteiger partial charge in [0.1, 0.15) is 10.5 Å². The molecule has 1 N–H and O–H groups in total. The number of hydrogen-bond acceptors (Lipinski definition) is 4. The zero-order chi connectivity index (χ0) is 11.5. The molecule has 0 saturated carbocycles. The van der Waals surface area contributed by atoms with Gasteiger partial charge in [-0.3, -0.25) is 10.1 Å². The number of benzene rings is 1. The van der Waals surface area contributed by atoms with E-state index in [-0.39, 0.29) is 5.69 Å². The van der Waals surface area contributed by atoms with E-state index >= 15 is 0 Å². The molecule has 0 radical (unpaired) electrons. The summed E-state index contributed by atoms with van der Waals surface area (Å²) < 4.78 is 0.489. The van der Waals surface area contributed by atoms with Crippen LogP contribution in [0.15, 0.2) is 36.5 Å². The first kappa shape index (κ1) is 10.4. The van der Waals surface area contributed by atoms with Crippen molar-refractivity contribution in [2.24, 2.45) is 0 Å². The first-order valence-electron chi connectivity index (χ1n) is 4.47. The third-order valence-corrected chi connectivity index (χ3v) is 2.27. The summed E-state index contributed by atoms with van der Waals surface area (Å²) in [5.41, 5.74) is 0.436. The number of aromatic amines is 1. The number of nitro benzene ring substituents is 1. The standard InChI is InChI=1S/C10H7N3O2S/c14-13(15)8-4-2-1-3-7(8)10-11-6-5-9(16)12-10/h1-6H,(H,11,12,16). The molecule has 0 aliphatic rings. The number of rotatable bonds is 2. The van der Waals surface area contributed by atoms with Gasteiger partial charge in [0.05, 0.1) is 10.5 Å². The second kappa shape index (κ2) is 4.19. The molecule has 0 aliphatic carbocycles. The molecule has 0 spiro atoms. The molecule has 16 heavy (non-hydrogen) atoms. The monoisotopic (exact) mass is 233 g/mol. The summed E-state index contributed by atoms with van der Waals surface area (Å²) in [7, 11) is 0. The molecule has 0 bridgehead atoms. The van der Waals surface area contributed by atoms with Crippen LogP contribution in [0.1, 0.15) is 0 Å². The highest BCUT2D eigenvalue weighted by Crippen LogP contribution is 2.25. The molecule has 0 amide bonds. The van der Waals surface area contributed by atoms with Gasteiger partial charge in [0.25, 0.3) is 5.69 Å². The normalized spacial score (nSPS) is 10.0. The highest BCUT2D eigenvalue weighted by atomic mass is 32.1. The van der Waals surface area contributed by atoms with Crippen molar-refractivity contribution < 1.29 is 4.92 Å². The number of nitro groups is 1. The molecule has 6 heteroatoms. The predicted molar refractivity (Wildman–Crippen MR) is 61.5 cm³/mol. The van der Waals surface area contributed by atoms with E-state index in [1.54, 1.807) is 24.3 Å². The fraction of sp³-hybridized carbons (Fsp3) is 0. The lowest BCUT2D eigenvalue weighted by Crippen LogP contribution is -1.94. The number of aromatic nitrogens is 2. The van der Waals surface area contributed by atoms with Crippen LogP contribution in [0.25, 0.3) is 11.4 Å². The SMILES string of the molecule is O=[N+]([O-])c1ccccc1-c1nccc(=S)[nH]1. The zero-order valence-electron chi connectivity index (χ0n) is 8.08. The number of nitrogens with one attached hydrogen (secondary N) is 1. The Morgan fingerprint density at radius 2 is 2.06 bits per heavy atom. The van der Waals surface area contributed by atoms with E-state index in [1.807, 2.05) is 0 Å². The largest absolute Gasteiger partial charge is 0.331 e. The van der Waals surface area contributed by atoms with Crippen molar-refractivity contribution in [3.05, 3.63) is 51.3 Å². The third kappa shape index (κ3) is 1.96. The van der Waals surface area contributed by atoms with E-state index < -0.39 is 4.92 Å². The topological polar surface area (TPSA) is 71.8 Å². The van der Waals surface area contributed by atoms with Gasteiger partial charge >= 0.3 is 0 Å². The van der Waals surface area contributed by atoms with E-state index in [1.165, 1.54) is 12.3 Å². The summed E-state index contributed by atoms with van der Waals surface area (Å²) >= 11 is 4.94. The highest BCUT2D eigenvalue weighted by molar-refractivity contribution is 7.71. The molecule has 1 heterocycles. The molecule has 0 saturated heterocycles. The predicted octanol–water partition coefficient (Wildman–Crippen LogP) is 2.71. The van der Waals surface area contributed by atoms with E-state index in [0.29, 0.717) is 16.0 Å². The van der Waals surface area contributed by atoms with Crippen molar-refractivity contribution in [3.8, 4) is 11.4 Å². The minimum Gasteiger partial charge on any atom is -0.331 e. The molecule has 2 aromatic rings. The quantitative estimate of drug-likeness (QED) is 0.491. The number of para-hydroxylation sites is 1. The summed E-state index contributed by atoms with van der Waals surface area (Å²) in [5.74, 6) is 0.403. The number of hydrogen-bond donors (Lipinski definition) is 1. The van der Waals surface area contributed by atoms with Crippen molar-refractivity contribution in [1.82, 2.24) is 9.97 Å². The summed E-state index contributed by atoms with van der Waals surface area (Å²) in [5, 5.41) is 10.8. The first-order valence-corrected chi connectivity index (χ1v) is 4.88. The Hall–Kier alpha value is -2.08. The van der Waals surface area contributed by atoms with E-state index in [0.717, 1.165) is 0 Å². The van der Waals surface area contributed by atoms with E-state index in [9.17, 15) is 10.1 Å². The van der Waals surface area contributed by atoms with Crippen molar-refractivity contribution in [1.29, 1.82) is 0 Å². The zero-order valence-corrected chi connectivity index (χ0v) is 8.90. The Bertz CT molecular complexity index is 594. The van der Waals surface area contributed by atoms with Gasteiger partial charge in [-0.15, -0.1) is 0 Å². The van der Waals surface area contributed by atoms with Crippen molar-refractivity contribution >= 4 is 17.9 Å². The Morgan fingerprint density at radius 3 is 2.75 bits per heavy atom. The van der Waals surface area contributed by atoms with Gasteiger partial charge in [0.2, 0.25) is 0 Å². The van der Waals surface area contributed by atoms with Crippen LogP contribution < -0.4 is 0 Å². The maximum absolute atomic E-state index is 10.8. The summed E-state index contributed by atoms with van der Waals surface area (Å²) in [6.45, 7) is 0. The van der Waals surface area contributed by atoms with Crippen LogP contribution in [0.3, 0.4) is 0 Å². The van der Waals surface area contributed by atoms with E-state index in [2.05, 4.69) is 9.97 Å². The Morgan fingerprint density at radius 1 is 1.31 bits per heavy atom. The fourth-order valence-electron chi connectivity index (χ4n) is 1.34. The summed E-state index contributed by atoms with van der Waals surface area (Å²) in [6.07, 6.45) is 1.52. The third-order valence-electron chi connectivity index (χ3n) is 2.03. The second-order valence-electron chi connectivity index (χ2n) is 3.06. The molecular weight excluding hydrogens is 226 g/mol. The molecule has 1 aromatic heterocycles. The molecule has 2 rings (SSSR count). The van der Waals surface area contributed by atoms with Gasteiger partial charge in [-0.2, -0.15) is 0 Å². The maximum Gasteiger partial charge on any atom is 0.280 e. The van der Waals surface area contributed by atoms with Crippen LogP contribution in [0.4, 0.5) is 5.69 Å². The van der Waals surface area contributed by atoms with Crippen LogP contribution in [0.5, 0.6) is 0 Å². The molecule has 5 nitrogen and oxygen atoms in total. The Balaban J connectivity index is 2.64.